The van der Waals surface area contributed by atoms with Crippen LogP contribution in [0.15, 0.2) is 54.9 Å². The Kier molecular flexibility index (Phi) is 4.66. The fraction of sp³-hybridized carbons (Fsp3) is 0.278. The number of amides is 2. The Morgan fingerprint density at radius 3 is 2.43 bits per heavy atom. The lowest BCUT2D eigenvalue weighted by atomic mass is 10.0. The molecule has 1 atom stereocenters. The van der Waals surface area contributed by atoms with Gasteiger partial charge in [-0.1, -0.05) is 30.3 Å². The summed E-state index contributed by atoms with van der Waals surface area (Å²) in [6.07, 6.45) is 5.15. The van der Waals surface area contributed by atoms with Gasteiger partial charge in [0.2, 0.25) is 5.91 Å². The quantitative estimate of drug-likeness (QED) is 0.941. The summed E-state index contributed by atoms with van der Waals surface area (Å²) in [7, 11) is 0. The predicted octanol–water partition coefficient (Wildman–Crippen LogP) is 2.18. The fourth-order valence-corrected chi connectivity index (χ4v) is 2.76. The van der Waals surface area contributed by atoms with Crippen LogP contribution in [0.5, 0.6) is 0 Å². The molecule has 1 aliphatic heterocycles. The van der Waals surface area contributed by atoms with Gasteiger partial charge in [0.1, 0.15) is 6.04 Å². The second-order valence-corrected chi connectivity index (χ2v) is 5.59. The lowest BCUT2D eigenvalue weighted by Crippen LogP contribution is -2.41. The highest BCUT2D eigenvalue weighted by Crippen LogP contribution is 2.19. The molecule has 1 N–H and O–H groups in total. The number of aromatic nitrogens is 1. The number of pyridine rings is 1. The summed E-state index contributed by atoms with van der Waals surface area (Å²) in [5.74, 6) is -0.342. The molecule has 23 heavy (non-hydrogen) atoms. The molecule has 0 bridgehead atoms. The van der Waals surface area contributed by atoms with Crippen LogP contribution in [0.2, 0.25) is 0 Å². The Labute approximate surface area is 135 Å². The third-order valence-electron chi connectivity index (χ3n) is 4.00. The van der Waals surface area contributed by atoms with Gasteiger partial charge in [0.15, 0.2) is 0 Å². The van der Waals surface area contributed by atoms with Crippen molar-refractivity contribution in [3.8, 4) is 0 Å². The minimum atomic E-state index is -0.665. The molecule has 1 fully saturated rings. The van der Waals surface area contributed by atoms with Gasteiger partial charge in [-0.3, -0.25) is 14.6 Å². The van der Waals surface area contributed by atoms with Gasteiger partial charge in [-0.15, -0.1) is 0 Å². The zero-order valence-corrected chi connectivity index (χ0v) is 12.8. The number of benzene rings is 1. The van der Waals surface area contributed by atoms with Crippen LogP contribution in [0.25, 0.3) is 0 Å². The monoisotopic (exact) mass is 309 g/mol. The predicted molar refractivity (Wildman–Crippen MR) is 86.7 cm³/mol. The van der Waals surface area contributed by atoms with Crippen molar-refractivity contribution >= 4 is 11.8 Å². The number of nitrogens with one attached hydrogen (secondary N) is 1. The van der Waals surface area contributed by atoms with Crippen LogP contribution < -0.4 is 5.32 Å². The molecule has 1 saturated heterocycles. The number of likely N-dealkylation sites (tertiary alicyclic amines) is 1. The highest BCUT2D eigenvalue weighted by molar-refractivity contribution is 5.97. The first-order valence-corrected chi connectivity index (χ1v) is 7.80. The van der Waals surface area contributed by atoms with E-state index in [0.29, 0.717) is 5.56 Å². The van der Waals surface area contributed by atoms with E-state index in [1.165, 1.54) is 6.20 Å². The van der Waals surface area contributed by atoms with E-state index in [2.05, 4.69) is 10.3 Å². The minimum Gasteiger partial charge on any atom is -0.341 e. The summed E-state index contributed by atoms with van der Waals surface area (Å²) in [5, 5.41) is 2.86. The normalized spacial score (nSPS) is 15.2. The topological polar surface area (TPSA) is 62.3 Å². The minimum absolute atomic E-state index is 0.0501. The van der Waals surface area contributed by atoms with Crippen molar-refractivity contribution in [2.75, 3.05) is 13.1 Å². The van der Waals surface area contributed by atoms with Crippen LogP contribution in [0, 0.1) is 0 Å². The molecular formula is C18H19N3O2. The van der Waals surface area contributed by atoms with Crippen LogP contribution in [0.3, 0.4) is 0 Å². The highest BCUT2D eigenvalue weighted by Gasteiger charge is 2.29. The summed E-state index contributed by atoms with van der Waals surface area (Å²) >= 11 is 0. The molecule has 2 heterocycles. The number of carbonyl (C=O) groups excluding carboxylic acids is 2. The number of carbonyl (C=O) groups is 2. The summed E-state index contributed by atoms with van der Waals surface area (Å²) in [4.78, 5) is 31.0. The summed E-state index contributed by atoms with van der Waals surface area (Å²) in [6.45, 7) is 1.51. The molecule has 118 valence electrons. The average molecular weight is 309 g/mol. The van der Waals surface area contributed by atoms with Crippen molar-refractivity contribution in [3.05, 3.63) is 66.0 Å². The van der Waals surface area contributed by atoms with Gasteiger partial charge in [0.05, 0.1) is 5.56 Å². The van der Waals surface area contributed by atoms with Crippen LogP contribution in [0.4, 0.5) is 0 Å². The Hall–Kier alpha value is -2.69. The number of hydrogen-bond acceptors (Lipinski definition) is 3. The highest BCUT2D eigenvalue weighted by atomic mass is 16.2. The molecule has 0 unspecified atom stereocenters. The first-order valence-electron chi connectivity index (χ1n) is 7.80. The van der Waals surface area contributed by atoms with Crippen molar-refractivity contribution in [1.29, 1.82) is 0 Å². The lowest BCUT2D eigenvalue weighted by Gasteiger charge is -2.24. The van der Waals surface area contributed by atoms with E-state index in [-0.39, 0.29) is 11.8 Å². The lowest BCUT2D eigenvalue weighted by molar-refractivity contribution is -0.132. The zero-order chi connectivity index (χ0) is 16.1. The van der Waals surface area contributed by atoms with E-state index in [1.807, 2.05) is 35.2 Å². The Bertz CT molecular complexity index is 667. The van der Waals surface area contributed by atoms with E-state index in [0.717, 1.165) is 31.5 Å². The van der Waals surface area contributed by atoms with Gasteiger partial charge < -0.3 is 10.2 Å². The Morgan fingerprint density at radius 2 is 1.78 bits per heavy atom. The molecule has 3 rings (SSSR count). The summed E-state index contributed by atoms with van der Waals surface area (Å²) in [6, 6.07) is 12.1. The van der Waals surface area contributed by atoms with Gasteiger partial charge >= 0.3 is 0 Å². The maximum atomic E-state index is 12.8. The molecular weight excluding hydrogens is 290 g/mol. The molecule has 0 aliphatic carbocycles. The van der Waals surface area contributed by atoms with Crippen LogP contribution in [-0.2, 0) is 4.79 Å². The number of nitrogens with zero attached hydrogens (tertiary/aromatic N) is 2. The van der Waals surface area contributed by atoms with Gasteiger partial charge in [-0.2, -0.15) is 0 Å². The smallest absolute Gasteiger partial charge is 0.253 e. The van der Waals surface area contributed by atoms with Gasteiger partial charge in [-0.25, -0.2) is 0 Å². The van der Waals surface area contributed by atoms with Crippen molar-refractivity contribution in [1.82, 2.24) is 15.2 Å². The summed E-state index contributed by atoms with van der Waals surface area (Å²) < 4.78 is 0. The molecule has 5 nitrogen and oxygen atoms in total. The fourth-order valence-electron chi connectivity index (χ4n) is 2.76. The standard InChI is InChI=1S/C18H19N3O2/c22-17(15-9-6-10-19-13-15)20-16(14-7-2-1-3-8-14)18(23)21-11-4-5-12-21/h1-3,6-10,13,16H,4-5,11-12H2,(H,20,22)/t16-/m0/s1. The van der Waals surface area contributed by atoms with E-state index in [9.17, 15) is 9.59 Å². The maximum absolute atomic E-state index is 12.8. The molecule has 2 aromatic rings. The van der Waals surface area contributed by atoms with E-state index in [4.69, 9.17) is 0 Å². The second kappa shape index (κ2) is 7.05. The van der Waals surface area contributed by atoms with E-state index < -0.39 is 6.04 Å². The Morgan fingerprint density at radius 1 is 1.04 bits per heavy atom. The Balaban J connectivity index is 1.83. The molecule has 0 saturated carbocycles. The molecule has 2 amide bonds. The molecule has 0 radical (unpaired) electrons. The molecule has 5 heteroatoms. The van der Waals surface area contributed by atoms with Crippen molar-refractivity contribution < 1.29 is 9.59 Å². The zero-order valence-electron chi connectivity index (χ0n) is 12.8. The molecule has 1 aromatic carbocycles. The average Bonchev–Trinajstić information content (AvgIpc) is 3.15. The van der Waals surface area contributed by atoms with Crippen LogP contribution in [-0.4, -0.2) is 34.8 Å². The van der Waals surface area contributed by atoms with Gasteiger partial charge in [0, 0.05) is 25.5 Å². The number of hydrogen-bond donors (Lipinski definition) is 1. The SMILES string of the molecule is O=C(N[C@H](C(=O)N1CCCC1)c1ccccc1)c1cccnc1. The molecule has 1 aromatic heterocycles. The first kappa shape index (κ1) is 15.2. The third kappa shape index (κ3) is 3.56. The van der Waals surface area contributed by atoms with Crippen molar-refractivity contribution in [3.63, 3.8) is 0 Å². The third-order valence-corrected chi connectivity index (χ3v) is 4.00. The number of rotatable bonds is 4. The van der Waals surface area contributed by atoms with E-state index in [1.54, 1.807) is 18.3 Å². The van der Waals surface area contributed by atoms with E-state index >= 15 is 0 Å². The van der Waals surface area contributed by atoms with Crippen molar-refractivity contribution in [2.45, 2.75) is 18.9 Å². The summed E-state index contributed by atoms with van der Waals surface area (Å²) in [5.41, 5.74) is 1.24. The largest absolute Gasteiger partial charge is 0.341 e. The van der Waals surface area contributed by atoms with Crippen LogP contribution in [0.1, 0.15) is 34.8 Å². The van der Waals surface area contributed by atoms with Crippen LogP contribution >= 0.6 is 0 Å². The first-order chi connectivity index (χ1) is 11.3. The second-order valence-electron chi connectivity index (χ2n) is 5.59. The molecule has 1 aliphatic rings. The van der Waals surface area contributed by atoms with Gasteiger partial charge in [-0.05, 0) is 30.5 Å². The maximum Gasteiger partial charge on any atom is 0.253 e. The molecule has 0 spiro atoms. The van der Waals surface area contributed by atoms with Crippen molar-refractivity contribution in [2.24, 2.45) is 0 Å². The van der Waals surface area contributed by atoms with Gasteiger partial charge in [0.25, 0.3) is 5.91 Å².